The molecule has 0 fully saturated rings. The third-order valence-corrected chi connectivity index (χ3v) is 4.70. The number of likely N-dealkylation sites (N-methyl/N-ethyl adjacent to an activating group) is 1. The second-order valence-electron chi connectivity index (χ2n) is 6.60. The summed E-state index contributed by atoms with van der Waals surface area (Å²) < 4.78 is 10.6. The molecule has 0 radical (unpaired) electrons. The van der Waals surface area contributed by atoms with Crippen LogP contribution >= 0.6 is 11.6 Å². The number of hydrogen-bond donors (Lipinski definition) is 2. The Morgan fingerprint density at radius 2 is 1.93 bits per heavy atom. The lowest BCUT2D eigenvalue weighted by Crippen LogP contribution is -2.39. The highest BCUT2D eigenvalue weighted by Crippen LogP contribution is 2.32. The minimum Gasteiger partial charge on any atom is -0.454 e. The maximum absolute atomic E-state index is 12.1. The third kappa shape index (κ3) is 5.15. The van der Waals surface area contributed by atoms with Gasteiger partial charge in [-0.2, -0.15) is 0 Å². The summed E-state index contributed by atoms with van der Waals surface area (Å²) in [6.07, 6.45) is 0. The van der Waals surface area contributed by atoms with Crippen molar-refractivity contribution in [3.8, 4) is 11.5 Å². The predicted molar refractivity (Wildman–Crippen MR) is 107 cm³/mol. The summed E-state index contributed by atoms with van der Waals surface area (Å²) in [4.78, 5) is 26.0. The number of carbonyl (C=O) groups excluding carboxylic acids is 2. The van der Waals surface area contributed by atoms with E-state index in [4.69, 9.17) is 21.1 Å². The maximum Gasteiger partial charge on any atom is 0.243 e. The van der Waals surface area contributed by atoms with Gasteiger partial charge in [-0.25, -0.2) is 0 Å². The molecule has 0 aliphatic carbocycles. The lowest BCUT2D eigenvalue weighted by atomic mass is 10.2. The number of rotatable bonds is 7. The fraction of sp³-hybridized carbons (Fsp3) is 0.300. The molecule has 7 nitrogen and oxygen atoms in total. The van der Waals surface area contributed by atoms with Crippen molar-refractivity contribution in [1.29, 1.82) is 0 Å². The van der Waals surface area contributed by atoms with Gasteiger partial charge < -0.3 is 20.1 Å². The Bertz CT molecular complexity index is 888. The van der Waals surface area contributed by atoms with Crippen molar-refractivity contribution in [3.63, 3.8) is 0 Å². The van der Waals surface area contributed by atoms with E-state index in [1.165, 1.54) is 0 Å². The predicted octanol–water partition coefficient (Wildman–Crippen LogP) is 2.56. The van der Waals surface area contributed by atoms with Crippen LogP contribution in [-0.4, -0.2) is 43.6 Å². The monoisotopic (exact) mass is 403 g/mol. The lowest BCUT2D eigenvalue weighted by Gasteiger charge is -2.16. The first-order chi connectivity index (χ1) is 13.4. The summed E-state index contributed by atoms with van der Waals surface area (Å²) in [6, 6.07) is 11.0. The molecule has 8 heteroatoms. The number of halogens is 1. The number of amides is 2. The summed E-state index contributed by atoms with van der Waals surface area (Å²) in [7, 11) is 1.83. The molecule has 2 aromatic carbocycles. The Hall–Kier alpha value is -2.77. The molecule has 2 aromatic rings. The van der Waals surface area contributed by atoms with Crippen LogP contribution in [0.3, 0.4) is 0 Å². The first kappa shape index (κ1) is 20.0. The molecule has 0 aromatic heterocycles. The highest BCUT2D eigenvalue weighted by molar-refractivity contribution is 6.31. The summed E-state index contributed by atoms with van der Waals surface area (Å²) in [5.74, 6) is 0.895. The van der Waals surface area contributed by atoms with Gasteiger partial charge in [0.2, 0.25) is 18.6 Å². The smallest absolute Gasteiger partial charge is 0.243 e. The van der Waals surface area contributed by atoms with E-state index in [-0.39, 0.29) is 31.7 Å². The second kappa shape index (κ2) is 8.95. The summed E-state index contributed by atoms with van der Waals surface area (Å²) in [5.41, 5.74) is 2.42. The van der Waals surface area contributed by atoms with Crippen LogP contribution in [0.2, 0.25) is 5.02 Å². The van der Waals surface area contributed by atoms with Gasteiger partial charge in [-0.1, -0.05) is 23.7 Å². The molecule has 2 N–H and O–H groups in total. The van der Waals surface area contributed by atoms with Crippen LogP contribution in [0.4, 0.5) is 5.69 Å². The van der Waals surface area contributed by atoms with Crippen molar-refractivity contribution in [1.82, 2.24) is 10.2 Å². The second-order valence-corrected chi connectivity index (χ2v) is 7.00. The van der Waals surface area contributed by atoms with Crippen LogP contribution in [0.5, 0.6) is 11.5 Å². The van der Waals surface area contributed by atoms with E-state index in [1.54, 1.807) is 18.2 Å². The quantitative estimate of drug-likeness (QED) is 0.742. The molecule has 1 aliphatic heterocycles. The topological polar surface area (TPSA) is 79.9 Å². The Balaban J connectivity index is 1.43. The number of nitrogens with zero attached hydrogens (tertiary/aromatic N) is 1. The normalized spacial score (nSPS) is 12.1. The number of anilines is 1. The third-order valence-electron chi connectivity index (χ3n) is 4.29. The Morgan fingerprint density at radius 3 is 2.75 bits per heavy atom. The van der Waals surface area contributed by atoms with Gasteiger partial charge in [-0.15, -0.1) is 0 Å². The molecule has 0 bridgehead atoms. The summed E-state index contributed by atoms with van der Waals surface area (Å²) in [5, 5.41) is 5.95. The minimum absolute atomic E-state index is 0.108. The molecule has 0 saturated carbocycles. The highest BCUT2D eigenvalue weighted by atomic mass is 35.5. The van der Waals surface area contributed by atoms with Gasteiger partial charge in [0.15, 0.2) is 11.5 Å². The average molecular weight is 404 g/mol. The van der Waals surface area contributed by atoms with Gasteiger partial charge in [-0.05, 0) is 49.4 Å². The van der Waals surface area contributed by atoms with Crippen molar-refractivity contribution in [2.45, 2.75) is 13.5 Å². The van der Waals surface area contributed by atoms with Crippen LogP contribution in [0.25, 0.3) is 0 Å². The number of ether oxygens (including phenoxy) is 2. The van der Waals surface area contributed by atoms with Gasteiger partial charge in [-0.3, -0.25) is 14.5 Å². The number of hydrogen-bond acceptors (Lipinski definition) is 5. The van der Waals surface area contributed by atoms with Crippen LogP contribution in [0.1, 0.15) is 11.1 Å². The van der Waals surface area contributed by atoms with E-state index in [2.05, 4.69) is 10.6 Å². The molecule has 28 heavy (non-hydrogen) atoms. The SMILES string of the molecule is Cc1c(Cl)cccc1NC(=O)CNC(=O)CN(C)Cc1ccc2c(c1)OCO2. The van der Waals surface area contributed by atoms with Crippen LogP contribution in [-0.2, 0) is 16.1 Å². The van der Waals surface area contributed by atoms with E-state index < -0.39 is 0 Å². The largest absolute Gasteiger partial charge is 0.454 e. The Kier molecular flexibility index (Phi) is 6.38. The molecule has 0 spiro atoms. The average Bonchev–Trinajstić information content (AvgIpc) is 3.11. The summed E-state index contributed by atoms with van der Waals surface area (Å²) >= 11 is 6.04. The molecule has 3 rings (SSSR count). The number of benzene rings is 2. The van der Waals surface area contributed by atoms with Gasteiger partial charge in [0, 0.05) is 17.3 Å². The molecule has 0 saturated heterocycles. The van der Waals surface area contributed by atoms with E-state index in [0.29, 0.717) is 23.0 Å². The fourth-order valence-corrected chi connectivity index (χ4v) is 3.00. The first-order valence-corrected chi connectivity index (χ1v) is 9.19. The lowest BCUT2D eigenvalue weighted by molar-refractivity contribution is -0.124. The van der Waals surface area contributed by atoms with Gasteiger partial charge in [0.05, 0.1) is 13.1 Å². The molecule has 2 amide bonds. The van der Waals surface area contributed by atoms with E-state index >= 15 is 0 Å². The van der Waals surface area contributed by atoms with E-state index in [1.807, 2.05) is 37.1 Å². The Morgan fingerprint density at radius 1 is 1.14 bits per heavy atom. The fourth-order valence-electron chi connectivity index (χ4n) is 2.82. The standard InChI is InChI=1S/C20H22ClN3O4/c1-13-15(21)4-3-5-16(13)23-19(25)9-22-20(26)11-24(2)10-14-6-7-17-18(8-14)28-12-27-17/h3-8H,9-12H2,1-2H3,(H,22,26)(H,23,25). The maximum atomic E-state index is 12.1. The first-order valence-electron chi connectivity index (χ1n) is 8.81. The highest BCUT2D eigenvalue weighted by Gasteiger charge is 2.15. The van der Waals surface area contributed by atoms with Crippen molar-refractivity contribution >= 4 is 29.1 Å². The molecule has 0 unspecified atom stereocenters. The number of fused-ring (bicyclic) bond motifs is 1. The zero-order valence-electron chi connectivity index (χ0n) is 15.8. The number of nitrogens with one attached hydrogen (secondary N) is 2. The van der Waals surface area contributed by atoms with E-state index in [0.717, 1.165) is 16.9 Å². The zero-order valence-corrected chi connectivity index (χ0v) is 16.5. The van der Waals surface area contributed by atoms with E-state index in [9.17, 15) is 9.59 Å². The van der Waals surface area contributed by atoms with Gasteiger partial charge in [0.1, 0.15) is 0 Å². The zero-order chi connectivity index (χ0) is 20.1. The Labute approximate surface area is 168 Å². The molecule has 1 aliphatic rings. The minimum atomic E-state index is -0.308. The molecule has 1 heterocycles. The molecule has 0 atom stereocenters. The number of carbonyl (C=O) groups is 2. The van der Waals surface area contributed by atoms with Crippen LogP contribution in [0.15, 0.2) is 36.4 Å². The summed E-state index contributed by atoms with van der Waals surface area (Å²) in [6.45, 7) is 2.67. The van der Waals surface area contributed by atoms with Gasteiger partial charge >= 0.3 is 0 Å². The van der Waals surface area contributed by atoms with Crippen LogP contribution < -0.4 is 20.1 Å². The molecular formula is C20H22ClN3O4. The van der Waals surface area contributed by atoms with Crippen molar-refractivity contribution in [2.24, 2.45) is 0 Å². The van der Waals surface area contributed by atoms with Crippen LogP contribution in [0, 0.1) is 6.92 Å². The van der Waals surface area contributed by atoms with Crippen molar-refractivity contribution in [2.75, 3.05) is 32.2 Å². The van der Waals surface area contributed by atoms with Gasteiger partial charge in [0.25, 0.3) is 0 Å². The van der Waals surface area contributed by atoms with Crippen molar-refractivity contribution in [3.05, 3.63) is 52.5 Å². The molecule has 148 valence electrons. The molecular weight excluding hydrogens is 382 g/mol. The van der Waals surface area contributed by atoms with Crippen molar-refractivity contribution < 1.29 is 19.1 Å².